The van der Waals surface area contributed by atoms with Crippen LogP contribution in [0.15, 0.2) is 18.2 Å². The zero-order valence-electron chi connectivity index (χ0n) is 25.2. The fourth-order valence-electron chi connectivity index (χ4n) is 7.45. The highest BCUT2D eigenvalue weighted by Gasteiger charge is 2.45. The fourth-order valence-corrected chi connectivity index (χ4v) is 8.51. The highest BCUT2D eigenvalue weighted by molar-refractivity contribution is 7.22. The molecule has 4 aromatic rings. The maximum Gasteiger partial charge on any atom is 0.319 e. The number of thiazole rings is 1. The summed E-state index contributed by atoms with van der Waals surface area (Å²) in [5.41, 5.74) is 6.80. The molecule has 3 aliphatic heterocycles. The molecule has 0 saturated carbocycles. The molecule has 0 aliphatic carbocycles. The first-order valence-corrected chi connectivity index (χ1v) is 16.8. The van der Waals surface area contributed by atoms with Gasteiger partial charge in [-0.2, -0.15) is 9.97 Å². The SMILES string of the molecule is CC(C)CN1CCCN(c2nc(OCC34CCCN3CCC4)nc3c(F)c(-c4ccc(F)c5sc(N)nc45)c(Cl)cc23)CC1. The predicted octanol–water partition coefficient (Wildman–Crippen LogP) is 6.60. The monoisotopic (exact) mass is 641 g/mol. The molecule has 0 atom stereocenters. The van der Waals surface area contributed by atoms with E-state index in [2.05, 4.69) is 38.5 Å². The summed E-state index contributed by atoms with van der Waals surface area (Å²) in [4.78, 5) is 21.1. The van der Waals surface area contributed by atoms with Gasteiger partial charge in [-0.05, 0) is 75.9 Å². The average Bonchev–Trinajstić information content (AvgIpc) is 3.64. The second-order valence-electron chi connectivity index (χ2n) is 12.8. The number of nitrogens with two attached hydrogens (primary N) is 1. The highest BCUT2D eigenvalue weighted by Crippen LogP contribution is 2.43. The lowest BCUT2D eigenvalue weighted by atomic mass is 9.95. The molecule has 7 rings (SSSR count). The molecule has 0 spiro atoms. The predicted molar refractivity (Wildman–Crippen MR) is 174 cm³/mol. The number of aromatic nitrogens is 3. The number of fused-ring (bicyclic) bond motifs is 3. The molecule has 3 fully saturated rings. The number of halogens is 3. The number of hydrogen-bond donors (Lipinski definition) is 1. The number of rotatable bonds is 7. The molecule has 8 nitrogen and oxygen atoms in total. The lowest BCUT2D eigenvalue weighted by Gasteiger charge is -2.31. The van der Waals surface area contributed by atoms with Gasteiger partial charge in [-0.1, -0.05) is 36.8 Å². The minimum atomic E-state index is -0.613. The lowest BCUT2D eigenvalue weighted by molar-refractivity contribution is 0.108. The highest BCUT2D eigenvalue weighted by atomic mass is 35.5. The third-order valence-corrected chi connectivity index (χ3v) is 10.6. The van der Waals surface area contributed by atoms with E-state index in [0.717, 1.165) is 89.3 Å². The number of nitrogens with zero attached hydrogens (tertiary/aromatic N) is 6. The second-order valence-corrected chi connectivity index (χ2v) is 14.3. The van der Waals surface area contributed by atoms with Gasteiger partial charge in [0.25, 0.3) is 0 Å². The summed E-state index contributed by atoms with van der Waals surface area (Å²) in [6.45, 7) is 11.5. The van der Waals surface area contributed by atoms with Crippen molar-refractivity contribution in [1.82, 2.24) is 24.8 Å². The van der Waals surface area contributed by atoms with Crippen molar-refractivity contribution in [2.75, 3.05) is 63.1 Å². The van der Waals surface area contributed by atoms with Crippen LogP contribution in [-0.2, 0) is 0 Å². The van der Waals surface area contributed by atoms with Crippen molar-refractivity contribution in [3.05, 3.63) is 34.9 Å². The zero-order valence-corrected chi connectivity index (χ0v) is 26.8. The van der Waals surface area contributed by atoms with Gasteiger partial charge in [-0.3, -0.25) is 4.90 Å². The Kier molecular flexibility index (Phi) is 8.01. The van der Waals surface area contributed by atoms with Crippen molar-refractivity contribution in [3.63, 3.8) is 0 Å². The third kappa shape index (κ3) is 5.35. The van der Waals surface area contributed by atoms with E-state index in [1.807, 2.05) is 0 Å². The van der Waals surface area contributed by atoms with Crippen molar-refractivity contribution in [3.8, 4) is 17.1 Å². The van der Waals surface area contributed by atoms with Crippen molar-refractivity contribution in [1.29, 1.82) is 0 Å². The first-order chi connectivity index (χ1) is 21.2. The molecular formula is C32H38ClF2N7OS. The van der Waals surface area contributed by atoms with E-state index < -0.39 is 11.6 Å². The summed E-state index contributed by atoms with van der Waals surface area (Å²) in [5.74, 6) is 0.121. The van der Waals surface area contributed by atoms with E-state index in [0.29, 0.717) is 29.3 Å². The van der Waals surface area contributed by atoms with Crippen molar-refractivity contribution < 1.29 is 13.5 Å². The summed E-state index contributed by atoms with van der Waals surface area (Å²) in [5, 5.41) is 0.901. The second kappa shape index (κ2) is 11.8. The van der Waals surface area contributed by atoms with Crippen molar-refractivity contribution >= 4 is 55.0 Å². The summed E-state index contributed by atoms with van der Waals surface area (Å²) >= 11 is 7.88. The van der Waals surface area contributed by atoms with Gasteiger partial charge in [0.2, 0.25) is 0 Å². The molecule has 3 saturated heterocycles. The van der Waals surface area contributed by atoms with Crippen LogP contribution < -0.4 is 15.4 Å². The Morgan fingerprint density at radius 3 is 2.57 bits per heavy atom. The van der Waals surface area contributed by atoms with Gasteiger partial charge in [0.15, 0.2) is 10.9 Å². The van der Waals surface area contributed by atoms with Crippen molar-refractivity contribution in [2.45, 2.75) is 51.5 Å². The number of hydrogen-bond acceptors (Lipinski definition) is 9. The number of ether oxygens (including phenoxy) is 1. The molecule has 2 N–H and O–H groups in total. The van der Waals surface area contributed by atoms with Crippen LogP contribution in [0.2, 0.25) is 5.02 Å². The van der Waals surface area contributed by atoms with Gasteiger partial charge in [0.05, 0.1) is 20.8 Å². The maximum atomic E-state index is 16.8. The Morgan fingerprint density at radius 1 is 1.00 bits per heavy atom. The molecule has 0 bridgehead atoms. The number of anilines is 2. The van der Waals surface area contributed by atoms with E-state index in [9.17, 15) is 4.39 Å². The fraction of sp³-hybridized carbons (Fsp3) is 0.531. The standard InChI is InChI=1S/C32H38ClF2N7OS/c1-19(2)17-40-10-5-11-41(15-14-40)29-21-16-22(33)24(20-6-7-23(34)28-27(20)37-30(36)44-28)25(35)26(21)38-31(39-29)43-18-32-8-3-12-42(32)13-4-9-32/h6-7,16,19H,3-5,8-15,17-18H2,1-2H3,(H2,36,37). The van der Waals surface area contributed by atoms with Crippen molar-refractivity contribution in [2.24, 2.45) is 5.92 Å². The Labute approximate surface area is 265 Å². The summed E-state index contributed by atoms with van der Waals surface area (Å²) in [7, 11) is 0. The van der Waals surface area contributed by atoms with E-state index >= 15 is 4.39 Å². The van der Waals surface area contributed by atoms with Gasteiger partial charge < -0.3 is 20.3 Å². The van der Waals surface area contributed by atoms with E-state index in [1.54, 1.807) is 6.07 Å². The Balaban J connectivity index is 1.33. The topological polar surface area (TPSA) is 83.6 Å². The minimum Gasteiger partial charge on any atom is -0.461 e. The summed E-state index contributed by atoms with van der Waals surface area (Å²) < 4.78 is 38.1. The van der Waals surface area contributed by atoms with Crippen LogP contribution in [0, 0.1) is 17.6 Å². The summed E-state index contributed by atoms with van der Waals surface area (Å²) in [6, 6.07) is 4.69. The molecule has 2 aromatic carbocycles. The largest absolute Gasteiger partial charge is 0.461 e. The molecule has 3 aliphatic rings. The smallest absolute Gasteiger partial charge is 0.319 e. The van der Waals surface area contributed by atoms with Gasteiger partial charge in [0, 0.05) is 42.7 Å². The molecule has 0 unspecified atom stereocenters. The van der Waals surface area contributed by atoms with Gasteiger partial charge in [0.1, 0.15) is 23.8 Å². The Hall–Kier alpha value is -2.86. The Bertz CT molecular complexity index is 1710. The molecular weight excluding hydrogens is 604 g/mol. The molecule has 2 aromatic heterocycles. The molecule has 234 valence electrons. The lowest BCUT2D eigenvalue weighted by Crippen LogP contribution is -2.43. The zero-order chi connectivity index (χ0) is 30.6. The van der Waals surface area contributed by atoms with Crippen LogP contribution in [-0.4, -0.2) is 82.7 Å². The van der Waals surface area contributed by atoms with E-state index in [1.165, 1.54) is 12.1 Å². The normalized spacial score (nSPS) is 19.4. The molecule has 44 heavy (non-hydrogen) atoms. The molecule has 5 heterocycles. The first kappa shape index (κ1) is 29.8. The van der Waals surface area contributed by atoms with Crippen LogP contribution in [0.4, 0.5) is 19.7 Å². The number of nitrogen functional groups attached to an aromatic ring is 1. The minimum absolute atomic E-state index is 0.00754. The maximum absolute atomic E-state index is 16.8. The molecule has 0 radical (unpaired) electrons. The van der Waals surface area contributed by atoms with E-state index in [-0.39, 0.29) is 43.0 Å². The van der Waals surface area contributed by atoms with Crippen LogP contribution in [0.5, 0.6) is 6.01 Å². The quantitative estimate of drug-likeness (QED) is 0.242. The van der Waals surface area contributed by atoms with Gasteiger partial charge in [-0.15, -0.1) is 0 Å². The third-order valence-electron chi connectivity index (χ3n) is 9.42. The van der Waals surface area contributed by atoms with Gasteiger partial charge in [-0.25, -0.2) is 13.8 Å². The van der Waals surface area contributed by atoms with Crippen LogP contribution in [0.3, 0.4) is 0 Å². The van der Waals surface area contributed by atoms with Crippen LogP contribution >= 0.6 is 22.9 Å². The molecule has 12 heteroatoms. The Morgan fingerprint density at radius 2 is 1.80 bits per heavy atom. The first-order valence-electron chi connectivity index (χ1n) is 15.6. The molecule has 0 amide bonds. The van der Waals surface area contributed by atoms with Gasteiger partial charge >= 0.3 is 6.01 Å². The van der Waals surface area contributed by atoms with Crippen LogP contribution in [0.1, 0.15) is 46.0 Å². The van der Waals surface area contributed by atoms with E-state index in [4.69, 9.17) is 27.1 Å². The summed E-state index contributed by atoms with van der Waals surface area (Å²) in [6.07, 6.45) is 5.42. The average molecular weight is 642 g/mol. The van der Waals surface area contributed by atoms with Crippen LogP contribution in [0.25, 0.3) is 32.2 Å². The number of benzene rings is 2.